The van der Waals surface area contributed by atoms with E-state index in [4.69, 9.17) is 0 Å². The topological polar surface area (TPSA) is 17.8 Å². The lowest BCUT2D eigenvalue weighted by molar-refractivity contribution is 0.590. The van der Waals surface area contributed by atoms with Crippen LogP contribution in [0.25, 0.3) is 0 Å². The molecule has 0 radical (unpaired) electrons. The Bertz CT molecular complexity index is 1570. The molecule has 214 valence electrons. The molecule has 0 aliphatic rings. The minimum Gasteiger partial charge on any atom is -0.326 e. The highest BCUT2D eigenvalue weighted by atomic mass is 28.2. The highest BCUT2D eigenvalue weighted by Gasteiger charge is 2.36. The summed E-state index contributed by atoms with van der Waals surface area (Å²) in [6.45, 7) is 9.53. The second-order valence-electron chi connectivity index (χ2n) is 12.2. The third-order valence-electron chi connectivity index (χ3n) is 8.33. The van der Waals surface area contributed by atoms with Gasteiger partial charge in [0.1, 0.15) is 0 Å². The highest BCUT2D eigenvalue weighted by molar-refractivity contribution is 6.84. The van der Waals surface area contributed by atoms with Crippen LogP contribution in [0.3, 0.4) is 0 Å². The van der Waals surface area contributed by atoms with E-state index in [0.717, 1.165) is 0 Å². The van der Waals surface area contributed by atoms with Gasteiger partial charge < -0.3 is 4.57 Å². The standard InChI is InChI=1S/C26H28N2Si.C13H13B/c1-25(2,3)21-14-16-24(17-15-21)29-26(28-19-18-27-20-28,22-10-6-4-7-11-22)23-12-8-5-9-13-23;1-14(12-8-4-2-5-9-12)13-10-6-3-7-11-13/h4-20H,29H2,1-3H3;2-11H,1H3. The third-order valence-corrected chi connectivity index (χ3v) is 10.9. The van der Waals surface area contributed by atoms with E-state index in [0.29, 0.717) is 6.71 Å². The first-order valence-corrected chi connectivity index (χ1v) is 16.6. The molecule has 0 saturated carbocycles. The van der Waals surface area contributed by atoms with Crippen LogP contribution in [-0.4, -0.2) is 25.8 Å². The van der Waals surface area contributed by atoms with Gasteiger partial charge in [-0.1, -0.05) is 189 Å². The van der Waals surface area contributed by atoms with Gasteiger partial charge in [0.2, 0.25) is 6.71 Å². The van der Waals surface area contributed by atoms with Crippen molar-refractivity contribution in [3.05, 3.63) is 181 Å². The monoisotopic (exact) mass is 576 g/mol. The Morgan fingerprint density at radius 3 is 1.40 bits per heavy atom. The molecular weight excluding hydrogens is 535 g/mol. The van der Waals surface area contributed by atoms with Gasteiger partial charge >= 0.3 is 0 Å². The van der Waals surface area contributed by atoms with Gasteiger partial charge in [0.05, 0.1) is 21.0 Å². The lowest BCUT2D eigenvalue weighted by Crippen LogP contribution is -2.46. The van der Waals surface area contributed by atoms with E-state index in [1.807, 2.05) is 12.5 Å². The van der Waals surface area contributed by atoms with Gasteiger partial charge in [0, 0.05) is 12.4 Å². The maximum absolute atomic E-state index is 4.41. The summed E-state index contributed by atoms with van der Waals surface area (Å²) in [7, 11) is -0.807. The van der Waals surface area contributed by atoms with E-state index in [2.05, 4.69) is 189 Å². The van der Waals surface area contributed by atoms with Crippen LogP contribution in [0, 0.1) is 0 Å². The van der Waals surface area contributed by atoms with Crippen molar-refractivity contribution in [3.8, 4) is 0 Å². The largest absolute Gasteiger partial charge is 0.326 e. The van der Waals surface area contributed by atoms with Crippen LogP contribution in [0.15, 0.2) is 164 Å². The SMILES string of the molecule is CB(c1ccccc1)c1ccccc1.CC(C)(C)c1ccc([SiH2]C(c2ccccc2)(c2ccccc2)n2ccnc2)cc1. The van der Waals surface area contributed by atoms with Crippen LogP contribution in [0.1, 0.15) is 37.5 Å². The van der Waals surface area contributed by atoms with E-state index in [1.165, 1.54) is 32.8 Å². The van der Waals surface area contributed by atoms with Crippen molar-refractivity contribution in [1.29, 1.82) is 0 Å². The highest BCUT2D eigenvalue weighted by Crippen LogP contribution is 2.33. The van der Waals surface area contributed by atoms with Crippen LogP contribution in [0.2, 0.25) is 6.82 Å². The van der Waals surface area contributed by atoms with Crippen molar-refractivity contribution >= 4 is 32.3 Å². The molecule has 0 bridgehead atoms. The molecule has 0 fully saturated rings. The quantitative estimate of drug-likeness (QED) is 0.203. The van der Waals surface area contributed by atoms with E-state index >= 15 is 0 Å². The molecule has 0 saturated heterocycles. The summed E-state index contributed by atoms with van der Waals surface area (Å²) >= 11 is 0. The number of imidazole rings is 1. The molecule has 0 unspecified atom stereocenters. The van der Waals surface area contributed by atoms with Crippen molar-refractivity contribution in [2.75, 3.05) is 0 Å². The Hall–Kier alpha value is -4.41. The first kappa shape index (κ1) is 30.1. The van der Waals surface area contributed by atoms with Crippen LogP contribution < -0.4 is 16.1 Å². The number of nitrogens with zero attached hydrogens (tertiary/aromatic N) is 2. The number of aromatic nitrogens is 2. The van der Waals surface area contributed by atoms with Crippen LogP contribution >= 0.6 is 0 Å². The summed E-state index contributed by atoms with van der Waals surface area (Å²) in [4.78, 5) is 4.41. The Morgan fingerprint density at radius 2 is 1.00 bits per heavy atom. The molecule has 0 amide bonds. The molecule has 2 nitrogen and oxygen atoms in total. The molecule has 0 spiro atoms. The summed E-state index contributed by atoms with van der Waals surface area (Å²) in [5.41, 5.74) is 6.92. The zero-order chi connectivity index (χ0) is 30.1. The maximum atomic E-state index is 4.41. The zero-order valence-electron chi connectivity index (χ0n) is 25.8. The molecular formula is C39H41BN2Si. The molecule has 43 heavy (non-hydrogen) atoms. The van der Waals surface area contributed by atoms with Crippen molar-refractivity contribution < 1.29 is 0 Å². The van der Waals surface area contributed by atoms with Crippen LogP contribution in [-0.2, 0) is 10.6 Å². The maximum Gasteiger partial charge on any atom is 0.206 e. The number of hydrogen-bond donors (Lipinski definition) is 0. The van der Waals surface area contributed by atoms with Crippen molar-refractivity contribution in [1.82, 2.24) is 9.55 Å². The van der Waals surface area contributed by atoms with Gasteiger partial charge in [-0.05, 0) is 22.1 Å². The number of hydrogen-bond acceptors (Lipinski definition) is 1. The molecule has 5 aromatic carbocycles. The first-order chi connectivity index (χ1) is 20.9. The fourth-order valence-electron chi connectivity index (χ4n) is 5.77. The Balaban J connectivity index is 0.000000220. The number of benzene rings is 5. The van der Waals surface area contributed by atoms with E-state index in [1.54, 1.807) is 0 Å². The molecule has 0 aliphatic carbocycles. The van der Waals surface area contributed by atoms with Crippen LogP contribution in [0.4, 0.5) is 0 Å². The van der Waals surface area contributed by atoms with Gasteiger partial charge in [-0.15, -0.1) is 0 Å². The number of rotatable bonds is 7. The van der Waals surface area contributed by atoms with E-state index in [-0.39, 0.29) is 10.6 Å². The minimum absolute atomic E-state index is 0.167. The average molecular weight is 577 g/mol. The molecule has 4 heteroatoms. The van der Waals surface area contributed by atoms with Gasteiger partial charge in [0.25, 0.3) is 0 Å². The van der Waals surface area contributed by atoms with Gasteiger partial charge in [0.15, 0.2) is 0 Å². The summed E-state index contributed by atoms with van der Waals surface area (Å²) in [5, 5.41) is 1.22. The van der Waals surface area contributed by atoms with Crippen molar-refractivity contribution in [3.63, 3.8) is 0 Å². The molecule has 1 heterocycles. The molecule has 6 aromatic rings. The van der Waals surface area contributed by atoms with Crippen molar-refractivity contribution in [2.24, 2.45) is 0 Å². The smallest absolute Gasteiger partial charge is 0.206 e. The molecule has 0 atom stereocenters. The van der Waals surface area contributed by atoms with Gasteiger partial charge in [-0.25, -0.2) is 4.98 Å². The fourth-order valence-corrected chi connectivity index (χ4v) is 8.08. The first-order valence-electron chi connectivity index (χ1n) is 15.2. The van der Waals surface area contributed by atoms with Gasteiger partial charge in [-0.2, -0.15) is 0 Å². The molecule has 6 rings (SSSR count). The molecule has 0 aliphatic heterocycles. The van der Waals surface area contributed by atoms with Crippen molar-refractivity contribution in [2.45, 2.75) is 38.2 Å². The van der Waals surface area contributed by atoms with Gasteiger partial charge in [-0.3, -0.25) is 0 Å². The summed E-state index contributed by atoms with van der Waals surface area (Å²) < 4.78 is 2.31. The minimum atomic E-state index is -0.807. The summed E-state index contributed by atoms with van der Waals surface area (Å²) in [5.74, 6) is 0. The Labute approximate surface area is 260 Å². The predicted molar refractivity (Wildman–Crippen MR) is 188 cm³/mol. The van der Waals surface area contributed by atoms with E-state index in [9.17, 15) is 0 Å². The summed E-state index contributed by atoms with van der Waals surface area (Å²) in [6, 6.07) is 52.2. The fraction of sp³-hybridized carbons (Fsp3) is 0.154. The second kappa shape index (κ2) is 13.7. The lowest BCUT2D eigenvalue weighted by atomic mass is 9.43. The van der Waals surface area contributed by atoms with Crippen LogP contribution in [0.5, 0.6) is 0 Å². The molecule has 1 aromatic heterocycles. The third kappa shape index (κ3) is 7.15. The zero-order valence-corrected chi connectivity index (χ0v) is 27.2. The molecule has 0 N–H and O–H groups in total. The second-order valence-corrected chi connectivity index (χ2v) is 14.4. The Morgan fingerprint density at radius 1 is 0.558 bits per heavy atom. The normalized spacial score (nSPS) is 11.6. The summed E-state index contributed by atoms with van der Waals surface area (Å²) in [6.07, 6.45) is 5.96. The lowest BCUT2D eigenvalue weighted by Gasteiger charge is -2.37. The average Bonchev–Trinajstić information content (AvgIpc) is 3.61. The predicted octanol–water partition coefficient (Wildman–Crippen LogP) is 6.35. The van der Waals surface area contributed by atoms with E-state index < -0.39 is 9.52 Å². The Kier molecular flexibility index (Phi) is 9.59.